The van der Waals surface area contributed by atoms with Crippen LogP contribution in [0.5, 0.6) is 5.75 Å². The second kappa shape index (κ2) is 12.5. The monoisotopic (exact) mass is 515 g/mol. The molecule has 182 valence electrons. The number of hydrogen-bond donors (Lipinski definition) is 3. The Morgan fingerprint density at radius 2 is 1.83 bits per heavy atom. The fourth-order valence-electron chi connectivity index (χ4n) is 2.89. The third kappa shape index (κ3) is 7.79. The van der Waals surface area contributed by atoms with Crippen LogP contribution in [-0.4, -0.2) is 42.5 Å². The number of nitrogens with zero attached hydrogens (tertiary/aromatic N) is 2. The molecule has 3 N–H and O–H groups in total. The molecule has 0 saturated heterocycles. The van der Waals surface area contributed by atoms with Gasteiger partial charge in [-0.2, -0.15) is 14.6 Å². The van der Waals surface area contributed by atoms with Crippen LogP contribution < -0.4 is 26.0 Å². The molecular weight excluding hydrogens is 493 g/mol. The van der Waals surface area contributed by atoms with Crippen LogP contribution in [0.4, 0.5) is 28.8 Å². The first-order valence-corrected chi connectivity index (χ1v) is 12.9. The Morgan fingerprint density at radius 3 is 2.46 bits per heavy atom. The molecule has 3 rings (SSSR count). The smallest absolute Gasteiger partial charge is 0.373 e. The second-order valence-electron chi connectivity index (χ2n) is 7.20. The molecule has 2 aromatic carbocycles. The number of methoxy groups -OCH3 is 1. The number of rotatable bonds is 8. The molecule has 0 atom stereocenters. The lowest BCUT2D eigenvalue weighted by Crippen LogP contribution is -2.11. The van der Waals surface area contributed by atoms with Crippen molar-refractivity contribution >= 4 is 64.9 Å². The lowest BCUT2D eigenvalue weighted by atomic mass is 10.2. The first-order valence-electron chi connectivity index (χ1n) is 9.94. The molecule has 0 aliphatic heterocycles. The van der Waals surface area contributed by atoms with Crippen molar-refractivity contribution in [3.05, 3.63) is 66.3 Å². The number of nitrogens with one attached hydrogen (secondary N) is 3. The molecule has 0 unspecified atom stereocenters. The normalized spacial score (nSPS) is 10.2. The van der Waals surface area contributed by atoms with E-state index in [4.69, 9.17) is 25.9 Å². The van der Waals surface area contributed by atoms with Crippen LogP contribution in [0.1, 0.15) is 0 Å². The topological polar surface area (TPSA) is 139 Å². The maximum atomic E-state index is 12.7. The van der Waals surface area contributed by atoms with Gasteiger partial charge in [-0.3, -0.25) is 4.79 Å². The minimum absolute atomic E-state index is 0.246. The largest absolute Gasteiger partial charge is 0.495 e. The SMILES string of the molecule is C=CC(=O)Nc1ccc(OC)c(Nc2ncc(Cl)c(Nc3ccccc3P(C)(C)=O)n2)c1.O=C=O. The van der Waals surface area contributed by atoms with Crippen LogP contribution in [0, 0.1) is 0 Å². The lowest BCUT2D eigenvalue weighted by molar-refractivity contribution is -0.191. The number of halogens is 1. The zero-order valence-corrected chi connectivity index (χ0v) is 20.8. The van der Waals surface area contributed by atoms with E-state index >= 15 is 0 Å². The summed E-state index contributed by atoms with van der Waals surface area (Å²) in [7, 11) is -0.997. The fraction of sp³-hybridized carbons (Fsp3) is 0.130. The third-order valence-electron chi connectivity index (χ3n) is 4.38. The predicted octanol–water partition coefficient (Wildman–Crippen LogP) is 4.41. The van der Waals surface area contributed by atoms with Crippen molar-refractivity contribution in [2.24, 2.45) is 0 Å². The summed E-state index contributed by atoms with van der Waals surface area (Å²) < 4.78 is 18.0. The predicted molar refractivity (Wildman–Crippen MR) is 136 cm³/mol. The van der Waals surface area contributed by atoms with E-state index in [1.54, 1.807) is 31.5 Å². The molecule has 1 aromatic heterocycles. The molecule has 10 nitrogen and oxygen atoms in total. The van der Waals surface area contributed by atoms with Gasteiger partial charge in [-0.15, -0.1) is 0 Å². The van der Waals surface area contributed by atoms with E-state index in [-0.39, 0.29) is 18.0 Å². The van der Waals surface area contributed by atoms with Gasteiger partial charge in [-0.05, 0) is 49.7 Å². The summed E-state index contributed by atoms with van der Waals surface area (Å²) in [5.41, 5.74) is 1.73. The van der Waals surface area contributed by atoms with E-state index < -0.39 is 7.14 Å². The van der Waals surface area contributed by atoms with E-state index in [9.17, 15) is 9.36 Å². The summed E-state index contributed by atoms with van der Waals surface area (Å²) in [5, 5.41) is 9.91. The van der Waals surface area contributed by atoms with E-state index in [2.05, 4.69) is 32.5 Å². The van der Waals surface area contributed by atoms with Crippen LogP contribution in [0.3, 0.4) is 0 Å². The minimum atomic E-state index is -2.53. The highest BCUT2D eigenvalue weighted by Crippen LogP contribution is 2.39. The van der Waals surface area contributed by atoms with Crippen LogP contribution in [-0.2, 0) is 18.9 Å². The van der Waals surface area contributed by atoms with Crippen molar-refractivity contribution in [2.45, 2.75) is 0 Å². The van der Waals surface area contributed by atoms with Gasteiger partial charge >= 0.3 is 6.15 Å². The highest BCUT2D eigenvalue weighted by atomic mass is 35.5. The number of amides is 1. The standard InChI is InChI=1S/C22H23ClN5O3P.CO2/c1-5-20(29)25-14-10-11-18(31-2)17(12-14)27-22-24-13-15(23)21(28-22)26-16-8-6-7-9-19(16)32(3,4)30;2-1-3/h5-13H,1H2,2-4H3,(H,25,29)(H2,24,26,27,28);. The number of ether oxygens (including phenoxy) is 1. The minimum Gasteiger partial charge on any atom is -0.495 e. The summed E-state index contributed by atoms with van der Waals surface area (Å²) in [5.74, 6) is 0.785. The molecule has 3 aromatic rings. The van der Waals surface area contributed by atoms with Gasteiger partial charge in [0.15, 0.2) is 5.82 Å². The number of para-hydroxylation sites is 1. The van der Waals surface area contributed by atoms with Gasteiger partial charge in [0, 0.05) is 11.0 Å². The highest BCUT2D eigenvalue weighted by molar-refractivity contribution is 7.70. The molecule has 0 saturated carbocycles. The third-order valence-corrected chi connectivity index (χ3v) is 6.21. The number of anilines is 5. The maximum Gasteiger partial charge on any atom is 0.373 e. The Kier molecular flexibility index (Phi) is 9.73. The zero-order valence-electron chi connectivity index (χ0n) is 19.2. The molecule has 1 amide bonds. The number of hydrogen-bond acceptors (Lipinski definition) is 9. The van der Waals surface area contributed by atoms with Crippen molar-refractivity contribution in [3.8, 4) is 5.75 Å². The summed E-state index contributed by atoms with van der Waals surface area (Å²) in [6, 6.07) is 12.4. The Morgan fingerprint density at radius 1 is 1.14 bits per heavy atom. The molecule has 0 aliphatic carbocycles. The van der Waals surface area contributed by atoms with Crippen molar-refractivity contribution < 1.29 is 23.7 Å². The van der Waals surface area contributed by atoms with Gasteiger partial charge in [-0.25, -0.2) is 4.98 Å². The van der Waals surface area contributed by atoms with E-state index in [0.29, 0.717) is 39.0 Å². The molecule has 0 bridgehead atoms. The first-order chi connectivity index (χ1) is 16.6. The van der Waals surface area contributed by atoms with Gasteiger partial charge in [0.25, 0.3) is 0 Å². The average Bonchev–Trinajstić information content (AvgIpc) is 2.81. The number of carbonyl (C=O) groups is 1. The quantitative estimate of drug-likeness (QED) is 0.294. The molecule has 35 heavy (non-hydrogen) atoms. The summed E-state index contributed by atoms with van der Waals surface area (Å²) in [6.45, 7) is 6.85. The first kappa shape index (κ1) is 27.3. The zero-order chi connectivity index (χ0) is 26.0. The van der Waals surface area contributed by atoms with Gasteiger partial charge < -0.3 is 25.3 Å². The van der Waals surface area contributed by atoms with Gasteiger partial charge in [-0.1, -0.05) is 30.3 Å². The molecule has 0 aliphatic rings. The molecule has 0 radical (unpaired) electrons. The van der Waals surface area contributed by atoms with E-state index in [1.807, 2.05) is 24.3 Å². The highest BCUT2D eigenvalue weighted by Gasteiger charge is 2.17. The van der Waals surface area contributed by atoms with Gasteiger partial charge in [0.2, 0.25) is 11.9 Å². The maximum absolute atomic E-state index is 12.7. The Hall–Kier alpha value is -3.97. The van der Waals surface area contributed by atoms with Crippen LogP contribution in [0.25, 0.3) is 0 Å². The molecule has 12 heteroatoms. The Labute approximate surface area is 207 Å². The number of benzene rings is 2. The summed E-state index contributed by atoms with van der Waals surface area (Å²) in [6.07, 6.45) is 2.88. The number of aromatic nitrogens is 2. The summed E-state index contributed by atoms with van der Waals surface area (Å²) in [4.78, 5) is 36.5. The second-order valence-corrected chi connectivity index (χ2v) is 10.8. The molecular formula is C23H23ClN5O5P. The lowest BCUT2D eigenvalue weighted by Gasteiger charge is -2.16. The van der Waals surface area contributed by atoms with E-state index in [0.717, 1.165) is 0 Å². The van der Waals surface area contributed by atoms with Crippen molar-refractivity contribution in [1.29, 1.82) is 0 Å². The van der Waals surface area contributed by atoms with Crippen LogP contribution in [0.15, 0.2) is 61.3 Å². The van der Waals surface area contributed by atoms with Crippen molar-refractivity contribution in [2.75, 3.05) is 36.4 Å². The Bertz CT molecular complexity index is 1310. The van der Waals surface area contributed by atoms with Crippen LogP contribution >= 0.6 is 18.7 Å². The van der Waals surface area contributed by atoms with E-state index in [1.165, 1.54) is 19.4 Å². The molecule has 0 spiro atoms. The fourth-order valence-corrected chi connectivity index (χ4v) is 4.18. The molecule has 1 heterocycles. The number of carbonyl (C=O) groups excluding carboxylic acids is 3. The Balaban J connectivity index is 0.00000137. The van der Waals surface area contributed by atoms with Gasteiger partial charge in [0.05, 0.1) is 24.7 Å². The van der Waals surface area contributed by atoms with Gasteiger partial charge in [0.1, 0.15) is 17.9 Å². The molecule has 0 fully saturated rings. The summed E-state index contributed by atoms with van der Waals surface area (Å²) >= 11 is 6.31. The van der Waals surface area contributed by atoms with Crippen molar-refractivity contribution in [3.63, 3.8) is 0 Å². The van der Waals surface area contributed by atoms with Crippen molar-refractivity contribution in [1.82, 2.24) is 9.97 Å². The average molecular weight is 516 g/mol. The van der Waals surface area contributed by atoms with Crippen LogP contribution in [0.2, 0.25) is 5.02 Å².